The Labute approximate surface area is 93.0 Å². The molecule has 6 nitrogen and oxygen atoms in total. The van der Waals surface area contributed by atoms with Crippen LogP contribution >= 0.6 is 0 Å². The highest BCUT2D eigenvalue weighted by Gasteiger charge is 2.20. The molecular weight excluding hydrogens is 210 g/mol. The van der Waals surface area contributed by atoms with Gasteiger partial charge in [0.1, 0.15) is 0 Å². The molecule has 0 bridgehead atoms. The fourth-order valence-corrected chi connectivity index (χ4v) is 1.37. The van der Waals surface area contributed by atoms with Gasteiger partial charge in [-0.2, -0.15) is 0 Å². The summed E-state index contributed by atoms with van der Waals surface area (Å²) in [5.74, 6) is -1.44. The van der Waals surface area contributed by atoms with E-state index < -0.39 is 12.0 Å². The van der Waals surface area contributed by atoms with Crippen LogP contribution in [0.2, 0.25) is 0 Å². The van der Waals surface area contributed by atoms with Crippen LogP contribution in [0.4, 0.5) is 0 Å². The Kier molecular flexibility index (Phi) is 4.07. The largest absolute Gasteiger partial charge is 0.481 e. The van der Waals surface area contributed by atoms with E-state index in [-0.39, 0.29) is 12.3 Å². The molecule has 16 heavy (non-hydrogen) atoms. The third-order valence-corrected chi connectivity index (χ3v) is 2.17. The highest BCUT2D eigenvalue weighted by Crippen LogP contribution is 2.03. The minimum Gasteiger partial charge on any atom is -0.481 e. The van der Waals surface area contributed by atoms with E-state index in [9.17, 15) is 9.59 Å². The zero-order valence-corrected chi connectivity index (χ0v) is 9.01. The van der Waals surface area contributed by atoms with Gasteiger partial charge in [-0.25, -0.2) is 0 Å². The number of likely N-dealkylation sites (N-methyl/N-ethyl adjacent to an activating group) is 1. The minimum absolute atomic E-state index is 0.351. The van der Waals surface area contributed by atoms with Crippen LogP contribution in [-0.4, -0.2) is 40.0 Å². The van der Waals surface area contributed by atoms with Crippen molar-refractivity contribution in [3.63, 3.8) is 0 Å². The second kappa shape index (κ2) is 5.32. The van der Waals surface area contributed by atoms with Gasteiger partial charge in [-0.15, -0.1) is 0 Å². The standard InChI is InChI=1S/C10H15N3O3/c1-13(6-7-2-3-12-5-7)10(16)8(11)4-9(14)15/h2-3,5,8,12H,4,6,11H2,1H3,(H,14,15). The molecule has 6 heteroatoms. The molecule has 0 aliphatic rings. The van der Waals surface area contributed by atoms with Crippen molar-refractivity contribution < 1.29 is 14.7 Å². The van der Waals surface area contributed by atoms with Crippen molar-refractivity contribution >= 4 is 11.9 Å². The van der Waals surface area contributed by atoms with E-state index in [0.717, 1.165) is 5.56 Å². The van der Waals surface area contributed by atoms with E-state index >= 15 is 0 Å². The number of hydrogen-bond donors (Lipinski definition) is 3. The predicted molar refractivity (Wildman–Crippen MR) is 57.5 cm³/mol. The molecule has 1 unspecified atom stereocenters. The van der Waals surface area contributed by atoms with Gasteiger partial charge in [-0.1, -0.05) is 0 Å². The second-order valence-electron chi connectivity index (χ2n) is 3.62. The fourth-order valence-electron chi connectivity index (χ4n) is 1.37. The zero-order valence-electron chi connectivity index (χ0n) is 9.01. The molecule has 1 rings (SSSR count). The summed E-state index contributed by atoms with van der Waals surface area (Å²) in [6.45, 7) is 0.412. The predicted octanol–water partition coefficient (Wildman–Crippen LogP) is -0.225. The molecule has 4 N–H and O–H groups in total. The quantitative estimate of drug-likeness (QED) is 0.644. The van der Waals surface area contributed by atoms with Crippen molar-refractivity contribution in [2.75, 3.05) is 7.05 Å². The van der Waals surface area contributed by atoms with Crippen molar-refractivity contribution in [1.29, 1.82) is 0 Å². The summed E-state index contributed by atoms with van der Waals surface area (Å²) in [6.07, 6.45) is 3.17. The monoisotopic (exact) mass is 225 g/mol. The number of carboxylic acids is 1. The Hall–Kier alpha value is -1.82. The molecule has 0 fully saturated rings. The van der Waals surface area contributed by atoms with Crippen molar-refractivity contribution in [1.82, 2.24) is 9.88 Å². The first-order valence-electron chi connectivity index (χ1n) is 4.84. The Morgan fingerprint density at radius 1 is 1.62 bits per heavy atom. The lowest BCUT2D eigenvalue weighted by Crippen LogP contribution is -2.42. The lowest BCUT2D eigenvalue weighted by molar-refractivity contribution is -0.141. The number of H-pyrrole nitrogens is 1. The fraction of sp³-hybridized carbons (Fsp3) is 0.400. The maximum Gasteiger partial charge on any atom is 0.305 e. The first-order chi connectivity index (χ1) is 7.50. The normalized spacial score (nSPS) is 12.1. The molecule has 0 spiro atoms. The van der Waals surface area contributed by atoms with E-state index in [4.69, 9.17) is 10.8 Å². The summed E-state index contributed by atoms with van der Waals surface area (Å²) in [7, 11) is 1.59. The average Bonchev–Trinajstić information content (AvgIpc) is 2.68. The van der Waals surface area contributed by atoms with Crippen LogP contribution in [0.3, 0.4) is 0 Å². The van der Waals surface area contributed by atoms with Gasteiger partial charge in [0, 0.05) is 26.0 Å². The summed E-state index contributed by atoms with van der Waals surface area (Å²) < 4.78 is 0. The van der Waals surface area contributed by atoms with Crippen molar-refractivity contribution in [2.45, 2.75) is 19.0 Å². The number of carbonyl (C=O) groups is 2. The van der Waals surface area contributed by atoms with E-state index in [1.165, 1.54) is 4.90 Å². The second-order valence-corrected chi connectivity index (χ2v) is 3.62. The van der Waals surface area contributed by atoms with E-state index in [1.807, 2.05) is 6.07 Å². The molecule has 0 saturated carbocycles. The number of nitrogens with zero attached hydrogens (tertiary/aromatic N) is 1. The molecule has 0 saturated heterocycles. The topological polar surface area (TPSA) is 99.4 Å². The Morgan fingerprint density at radius 3 is 2.81 bits per heavy atom. The summed E-state index contributed by atoms with van der Waals surface area (Å²) in [5, 5.41) is 8.52. The smallest absolute Gasteiger partial charge is 0.305 e. The molecule has 1 amide bonds. The van der Waals surface area contributed by atoms with Crippen LogP contribution in [0.1, 0.15) is 12.0 Å². The first-order valence-corrected chi connectivity index (χ1v) is 4.84. The van der Waals surface area contributed by atoms with Crippen LogP contribution < -0.4 is 5.73 Å². The highest BCUT2D eigenvalue weighted by molar-refractivity contribution is 5.85. The molecule has 1 atom stereocenters. The van der Waals surface area contributed by atoms with Crippen molar-refractivity contribution in [3.8, 4) is 0 Å². The lowest BCUT2D eigenvalue weighted by atomic mass is 10.2. The van der Waals surface area contributed by atoms with E-state index in [1.54, 1.807) is 19.4 Å². The van der Waals surface area contributed by atoms with Gasteiger partial charge in [-0.3, -0.25) is 9.59 Å². The third-order valence-electron chi connectivity index (χ3n) is 2.17. The van der Waals surface area contributed by atoms with Crippen LogP contribution in [0, 0.1) is 0 Å². The number of rotatable bonds is 5. The molecule has 0 aliphatic heterocycles. The van der Waals surface area contributed by atoms with Crippen LogP contribution in [0.15, 0.2) is 18.5 Å². The molecule has 1 aromatic rings. The molecule has 1 aromatic heterocycles. The SMILES string of the molecule is CN(Cc1cc[nH]c1)C(=O)C(N)CC(=O)O. The van der Waals surface area contributed by atoms with Crippen molar-refractivity contribution in [3.05, 3.63) is 24.0 Å². The van der Waals surface area contributed by atoms with Crippen LogP contribution in [-0.2, 0) is 16.1 Å². The number of aliphatic carboxylic acids is 1. The number of nitrogens with one attached hydrogen (secondary N) is 1. The minimum atomic E-state index is -1.07. The maximum absolute atomic E-state index is 11.6. The van der Waals surface area contributed by atoms with Crippen LogP contribution in [0.25, 0.3) is 0 Å². The molecule has 0 radical (unpaired) electrons. The summed E-state index contributed by atoms with van der Waals surface area (Å²) in [4.78, 5) is 26.3. The van der Waals surface area contributed by atoms with Gasteiger partial charge in [0.25, 0.3) is 0 Å². The van der Waals surface area contributed by atoms with Crippen molar-refractivity contribution in [2.24, 2.45) is 5.73 Å². The average molecular weight is 225 g/mol. The molecule has 0 aliphatic carbocycles. The van der Waals surface area contributed by atoms with E-state index in [2.05, 4.69) is 4.98 Å². The van der Waals surface area contributed by atoms with Gasteiger partial charge in [0.15, 0.2) is 0 Å². The Balaban J connectivity index is 2.50. The third kappa shape index (κ3) is 3.39. The number of carbonyl (C=O) groups excluding carboxylic acids is 1. The van der Waals surface area contributed by atoms with Gasteiger partial charge in [-0.05, 0) is 11.6 Å². The van der Waals surface area contributed by atoms with Gasteiger partial charge in [0.05, 0.1) is 12.5 Å². The summed E-state index contributed by atoms with van der Waals surface area (Å²) in [6, 6.07) is 0.855. The summed E-state index contributed by atoms with van der Waals surface area (Å²) >= 11 is 0. The molecule has 88 valence electrons. The van der Waals surface area contributed by atoms with E-state index in [0.29, 0.717) is 6.54 Å². The molecule has 0 aromatic carbocycles. The number of amides is 1. The van der Waals surface area contributed by atoms with Gasteiger partial charge < -0.3 is 20.7 Å². The summed E-state index contributed by atoms with van der Waals surface area (Å²) in [5.41, 5.74) is 6.41. The highest BCUT2D eigenvalue weighted by atomic mass is 16.4. The van der Waals surface area contributed by atoms with Gasteiger partial charge in [0.2, 0.25) is 5.91 Å². The van der Waals surface area contributed by atoms with Crippen LogP contribution in [0.5, 0.6) is 0 Å². The maximum atomic E-state index is 11.6. The molecular formula is C10H15N3O3. The zero-order chi connectivity index (χ0) is 12.1. The number of aromatic nitrogens is 1. The number of aromatic amines is 1. The van der Waals surface area contributed by atoms with Gasteiger partial charge >= 0.3 is 5.97 Å². The number of hydrogen-bond acceptors (Lipinski definition) is 3. The Morgan fingerprint density at radius 2 is 2.31 bits per heavy atom. The Bertz CT molecular complexity index is 361. The number of nitrogens with two attached hydrogens (primary N) is 1. The first kappa shape index (κ1) is 12.3. The lowest BCUT2D eigenvalue weighted by Gasteiger charge is -2.19. The number of carboxylic acid groups (broad SMARTS) is 1. The molecule has 1 heterocycles.